The van der Waals surface area contributed by atoms with E-state index in [0.29, 0.717) is 18.7 Å². The molecule has 5 nitrogen and oxygen atoms in total. The zero-order chi connectivity index (χ0) is 14.0. The molecule has 1 fully saturated rings. The second kappa shape index (κ2) is 5.42. The van der Waals surface area contributed by atoms with Crippen LogP contribution in [0.2, 0.25) is 0 Å². The molecule has 0 aromatic heterocycles. The van der Waals surface area contributed by atoms with Crippen molar-refractivity contribution in [3.05, 3.63) is 32.5 Å². The molecule has 1 aliphatic carbocycles. The third kappa shape index (κ3) is 3.22. The van der Waals surface area contributed by atoms with Crippen molar-refractivity contribution in [1.29, 1.82) is 0 Å². The summed E-state index contributed by atoms with van der Waals surface area (Å²) in [5.41, 5.74) is 0.0479. The van der Waals surface area contributed by atoms with E-state index in [-0.39, 0.29) is 22.2 Å². The minimum Gasteiger partial charge on any atom is -0.396 e. The summed E-state index contributed by atoms with van der Waals surface area (Å²) in [5, 5.41) is 22.9. The van der Waals surface area contributed by atoms with Gasteiger partial charge in [-0.3, -0.25) is 10.1 Å². The summed E-state index contributed by atoms with van der Waals surface area (Å²) in [6.07, 6.45) is 2.67. The normalized spacial score (nSPS) is 16.2. The maximum atomic E-state index is 13.3. The quantitative estimate of drug-likeness (QED) is 0.620. The van der Waals surface area contributed by atoms with Crippen molar-refractivity contribution in [3.63, 3.8) is 0 Å². The Morgan fingerprint density at radius 2 is 2.21 bits per heavy atom. The Bertz CT molecular complexity index is 506. The number of nitro benzene ring substituents is 1. The topological polar surface area (TPSA) is 75.4 Å². The number of hydrogen-bond donors (Lipinski definition) is 2. The monoisotopic (exact) mass is 332 g/mol. The first-order chi connectivity index (χ1) is 8.97. The van der Waals surface area contributed by atoms with E-state index in [4.69, 9.17) is 5.11 Å². The summed E-state index contributed by atoms with van der Waals surface area (Å²) in [6, 6.07) is 2.28. The second-order valence-corrected chi connectivity index (χ2v) is 5.72. The number of benzene rings is 1. The fourth-order valence-electron chi connectivity index (χ4n) is 2.04. The zero-order valence-corrected chi connectivity index (χ0v) is 11.7. The molecule has 0 spiro atoms. The van der Waals surface area contributed by atoms with Gasteiger partial charge in [-0.25, -0.2) is 4.39 Å². The van der Waals surface area contributed by atoms with Gasteiger partial charge in [0.1, 0.15) is 11.5 Å². The molecule has 0 unspecified atom stereocenters. The predicted octanol–water partition coefficient (Wildman–Crippen LogP) is 3.07. The van der Waals surface area contributed by atoms with E-state index in [2.05, 4.69) is 21.2 Å². The number of anilines is 1. The SMILES string of the molecule is O=[N+]([O-])c1cc(F)c(Br)cc1NCC1(CCO)CC1. The average Bonchev–Trinajstić information content (AvgIpc) is 3.11. The first-order valence-electron chi connectivity index (χ1n) is 5.96. The molecule has 0 aliphatic heterocycles. The molecule has 0 saturated heterocycles. The van der Waals surface area contributed by atoms with E-state index in [1.807, 2.05) is 0 Å². The van der Waals surface area contributed by atoms with Crippen molar-refractivity contribution in [2.24, 2.45) is 5.41 Å². The molecule has 1 aromatic carbocycles. The Balaban J connectivity index is 2.15. The Labute approximate surface area is 118 Å². The summed E-state index contributed by atoms with van der Waals surface area (Å²) in [6.45, 7) is 0.656. The van der Waals surface area contributed by atoms with Crippen molar-refractivity contribution in [3.8, 4) is 0 Å². The summed E-state index contributed by atoms with van der Waals surface area (Å²) in [4.78, 5) is 10.3. The molecule has 0 radical (unpaired) electrons. The van der Waals surface area contributed by atoms with Crippen LogP contribution in [0.5, 0.6) is 0 Å². The molecule has 2 N–H and O–H groups in total. The largest absolute Gasteiger partial charge is 0.396 e. The zero-order valence-electron chi connectivity index (χ0n) is 10.2. The highest BCUT2D eigenvalue weighted by Crippen LogP contribution is 2.48. The Morgan fingerprint density at radius 1 is 1.53 bits per heavy atom. The molecule has 7 heteroatoms. The number of nitro groups is 1. The van der Waals surface area contributed by atoms with E-state index in [1.165, 1.54) is 6.07 Å². The maximum Gasteiger partial charge on any atom is 0.295 e. The molecule has 19 heavy (non-hydrogen) atoms. The van der Waals surface area contributed by atoms with Gasteiger partial charge in [0.05, 0.1) is 15.5 Å². The van der Waals surface area contributed by atoms with E-state index in [1.54, 1.807) is 0 Å². The first-order valence-corrected chi connectivity index (χ1v) is 6.75. The molecule has 0 bridgehead atoms. The van der Waals surface area contributed by atoms with Crippen molar-refractivity contribution in [2.75, 3.05) is 18.5 Å². The summed E-state index contributed by atoms with van der Waals surface area (Å²) in [7, 11) is 0. The Morgan fingerprint density at radius 3 is 2.74 bits per heavy atom. The molecule has 104 valence electrons. The minimum atomic E-state index is -0.659. The third-order valence-corrected chi connectivity index (χ3v) is 4.10. The van der Waals surface area contributed by atoms with Crippen LogP contribution in [0.3, 0.4) is 0 Å². The number of aliphatic hydroxyl groups excluding tert-OH is 1. The molecule has 0 heterocycles. The molecule has 1 saturated carbocycles. The summed E-state index contributed by atoms with van der Waals surface area (Å²) in [5.74, 6) is -0.659. The number of nitrogens with one attached hydrogen (secondary N) is 1. The number of aliphatic hydroxyl groups is 1. The standard InChI is InChI=1S/C12H14BrFN2O3/c13-8-5-10(11(16(18)19)6-9(8)14)15-7-12(1-2-12)3-4-17/h5-6,15,17H,1-4,7H2. The van der Waals surface area contributed by atoms with Gasteiger partial charge in [0.2, 0.25) is 0 Å². The van der Waals surface area contributed by atoms with Crippen molar-refractivity contribution in [1.82, 2.24) is 0 Å². The van der Waals surface area contributed by atoms with Crippen LogP contribution in [0.1, 0.15) is 19.3 Å². The molecular weight excluding hydrogens is 319 g/mol. The van der Waals surface area contributed by atoms with Crippen molar-refractivity contribution >= 4 is 27.3 Å². The highest BCUT2D eigenvalue weighted by Gasteiger charge is 2.41. The lowest BCUT2D eigenvalue weighted by molar-refractivity contribution is -0.384. The van der Waals surface area contributed by atoms with Crippen LogP contribution >= 0.6 is 15.9 Å². The average molecular weight is 333 g/mol. The van der Waals surface area contributed by atoms with Crippen LogP contribution in [-0.2, 0) is 0 Å². The summed E-state index contributed by atoms with van der Waals surface area (Å²) < 4.78 is 13.5. The molecule has 0 amide bonds. The lowest BCUT2D eigenvalue weighted by Gasteiger charge is -2.15. The van der Waals surface area contributed by atoms with E-state index in [9.17, 15) is 14.5 Å². The number of hydrogen-bond acceptors (Lipinski definition) is 4. The van der Waals surface area contributed by atoms with Crippen LogP contribution < -0.4 is 5.32 Å². The minimum absolute atomic E-state index is 0.0312. The number of halogens is 2. The molecule has 2 rings (SSSR count). The van der Waals surface area contributed by atoms with Gasteiger partial charge in [-0.05, 0) is 46.7 Å². The smallest absolute Gasteiger partial charge is 0.295 e. The Hall–Kier alpha value is -1.21. The van der Waals surface area contributed by atoms with Crippen LogP contribution in [0.25, 0.3) is 0 Å². The fraction of sp³-hybridized carbons (Fsp3) is 0.500. The van der Waals surface area contributed by atoms with Gasteiger partial charge in [0, 0.05) is 13.2 Å². The van der Waals surface area contributed by atoms with Gasteiger partial charge >= 0.3 is 0 Å². The lowest BCUT2D eigenvalue weighted by atomic mass is 10.0. The van der Waals surface area contributed by atoms with Gasteiger partial charge < -0.3 is 10.4 Å². The van der Waals surface area contributed by atoms with Gasteiger partial charge in [-0.2, -0.15) is 0 Å². The fourth-order valence-corrected chi connectivity index (χ4v) is 2.38. The van der Waals surface area contributed by atoms with Crippen molar-refractivity contribution < 1.29 is 14.4 Å². The highest BCUT2D eigenvalue weighted by atomic mass is 79.9. The summed E-state index contributed by atoms with van der Waals surface area (Å²) >= 11 is 3.02. The van der Waals surface area contributed by atoms with Crippen LogP contribution in [0.4, 0.5) is 15.8 Å². The van der Waals surface area contributed by atoms with E-state index < -0.39 is 10.7 Å². The molecular formula is C12H14BrFN2O3. The number of nitrogens with zero attached hydrogens (tertiary/aromatic N) is 1. The molecule has 1 aromatic rings. The van der Waals surface area contributed by atoms with Gasteiger partial charge in [-0.15, -0.1) is 0 Å². The van der Waals surface area contributed by atoms with E-state index >= 15 is 0 Å². The molecule has 1 aliphatic rings. The van der Waals surface area contributed by atoms with Crippen LogP contribution in [0.15, 0.2) is 16.6 Å². The Kier molecular flexibility index (Phi) is 4.05. The van der Waals surface area contributed by atoms with Crippen molar-refractivity contribution in [2.45, 2.75) is 19.3 Å². The van der Waals surface area contributed by atoms with Gasteiger partial charge in [0.25, 0.3) is 5.69 Å². The van der Waals surface area contributed by atoms with Gasteiger partial charge in [0.15, 0.2) is 0 Å². The number of rotatable bonds is 6. The lowest BCUT2D eigenvalue weighted by Crippen LogP contribution is -2.17. The second-order valence-electron chi connectivity index (χ2n) is 4.87. The maximum absolute atomic E-state index is 13.3. The molecule has 0 atom stereocenters. The van der Waals surface area contributed by atoms with Crippen LogP contribution in [-0.4, -0.2) is 23.2 Å². The van der Waals surface area contributed by atoms with Crippen LogP contribution in [0, 0.1) is 21.3 Å². The predicted molar refractivity (Wildman–Crippen MR) is 72.6 cm³/mol. The van der Waals surface area contributed by atoms with E-state index in [0.717, 1.165) is 18.9 Å². The first kappa shape index (κ1) is 14.2. The third-order valence-electron chi connectivity index (χ3n) is 3.49. The van der Waals surface area contributed by atoms with Gasteiger partial charge in [-0.1, -0.05) is 0 Å². The highest BCUT2D eigenvalue weighted by molar-refractivity contribution is 9.10.